The molecule has 1 heterocycles. The molecule has 2 atom stereocenters. The van der Waals surface area contributed by atoms with Crippen molar-refractivity contribution >= 4 is 23.4 Å². The van der Waals surface area contributed by atoms with Crippen LogP contribution in [0.5, 0.6) is 0 Å². The summed E-state index contributed by atoms with van der Waals surface area (Å²) in [5.41, 5.74) is 8.75. The monoisotopic (exact) mass is 372 g/mol. The number of hydrogen-bond donors (Lipinski definition) is 4. The molecule has 0 aromatic heterocycles. The second-order valence-corrected chi connectivity index (χ2v) is 6.61. The Kier molecular flexibility index (Phi) is 5.88. The van der Waals surface area contributed by atoms with E-state index < -0.39 is 0 Å². The molecule has 2 unspecified atom stereocenters. The zero-order valence-electron chi connectivity index (χ0n) is 14.4. The van der Waals surface area contributed by atoms with Crippen LogP contribution in [0.2, 0.25) is 5.02 Å². The standard InChI is InChI=1S/C19H21ClN4O2/c1-21-18(25)13-7-5-12(6-8-13)11-22-19(26)17-10-16(23-24-17)14-3-2-4-15(20)9-14/h2-9,16-17,23-24H,10-11H2,1H3,(H,21,25)(H,22,26). The molecule has 1 saturated heterocycles. The second-order valence-electron chi connectivity index (χ2n) is 6.18. The third-order valence-corrected chi connectivity index (χ3v) is 4.62. The molecule has 7 heteroatoms. The van der Waals surface area contributed by atoms with Gasteiger partial charge in [0.25, 0.3) is 5.91 Å². The molecular weight excluding hydrogens is 352 g/mol. The Hall–Kier alpha value is -2.41. The molecule has 2 amide bonds. The largest absolute Gasteiger partial charge is 0.355 e. The zero-order valence-corrected chi connectivity index (χ0v) is 15.1. The molecule has 2 aromatic carbocycles. The number of benzene rings is 2. The fourth-order valence-corrected chi connectivity index (χ4v) is 3.10. The number of nitrogens with one attached hydrogen (secondary N) is 4. The summed E-state index contributed by atoms with van der Waals surface area (Å²) in [4.78, 5) is 23.9. The predicted molar refractivity (Wildman–Crippen MR) is 101 cm³/mol. The molecule has 0 aliphatic carbocycles. The van der Waals surface area contributed by atoms with Crippen LogP contribution in [0.4, 0.5) is 0 Å². The van der Waals surface area contributed by atoms with Gasteiger partial charge >= 0.3 is 0 Å². The van der Waals surface area contributed by atoms with E-state index in [1.54, 1.807) is 19.2 Å². The summed E-state index contributed by atoms with van der Waals surface area (Å²) in [6, 6.07) is 14.5. The van der Waals surface area contributed by atoms with E-state index in [1.165, 1.54) is 0 Å². The Bertz CT molecular complexity index is 794. The summed E-state index contributed by atoms with van der Waals surface area (Å²) in [7, 11) is 1.59. The van der Waals surface area contributed by atoms with Crippen molar-refractivity contribution in [3.8, 4) is 0 Å². The fourth-order valence-electron chi connectivity index (χ4n) is 2.90. The van der Waals surface area contributed by atoms with E-state index in [2.05, 4.69) is 21.5 Å². The molecule has 0 spiro atoms. The number of carbonyl (C=O) groups excluding carboxylic acids is 2. The smallest absolute Gasteiger partial charge is 0.251 e. The number of carbonyl (C=O) groups is 2. The van der Waals surface area contributed by atoms with Gasteiger partial charge in [-0.1, -0.05) is 35.9 Å². The van der Waals surface area contributed by atoms with E-state index in [4.69, 9.17) is 11.6 Å². The molecule has 1 fully saturated rings. The highest BCUT2D eigenvalue weighted by Gasteiger charge is 2.29. The highest BCUT2D eigenvalue weighted by Crippen LogP contribution is 2.24. The van der Waals surface area contributed by atoms with Gasteiger partial charge in [0.05, 0.1) is 0 Å². The van der Waals surface area contributed by atoms with Gasteiger partial charge in [-0.2, -0.15) is 0 Å². The third-order valence-electron chi connectivity index (χ3n) is 4.38. The summed E-state index contributed by atoms with van der Waals surface area (Å²) in [6.45, 7) is 0.410. The summed E-state index contributed by atoms with van der Waals surface area (Å²) < 4.78 is 0. The van der Waals surface area contributed by atoms with Crippen LogP contribution in [0, 0.1) is 0 Å². The van der Waals surface area contributed by atoms with E-state index in [0.29, 0.717) is 23.6 Å². The summed E-state index contributed by atoms with van der Waals surface area (Å²) in [5.74, 6) is -0.203. The van der Waals surface area contributed by atoms with Crippen molar-refractivity contribution < 1.29 is 9.59 Å². The number of rotatable bonds is 5. The zero-order chi connectivity index (χ0) is 18.5. The van der Waals surface area contributed by atoms with Crippen molar-refractivity contribution in [1.29, 1.82) is 0 Å². The molecule has 0 bridgehead atoms. The van der Waals surface area contributed by atoms with Crippen molar-refractivity contribution in [2.45, 2.75) is 25.0 Å². The summed E-state index contributed by atoms with van der Waals surface area (Å²) >= 11 is 6.03. The van der Waals surface area contributed by atoms with Crippen molar-refractivity contribution in [1.82, 2.24) is 21.5 Å². The van der Waals surface area contributed by atoms with Crippen molar-refractivity contribution in [2.24, 2.45) is 0 Å². The van der Waals surface area contributed by atoms with Crippen LogP contribution in [-0.2, 0) is 11.3 Å². The van der Waals surface area contributed by atoms with Crippen LogP contribution in [0.15, 0.2) is 48.5 Å². The topological polar surface area (TPSA) is 82.3 Å². The van der Waals surface area contributed by atoms with Gasteiger partial charge in [-0.05, 0) is 41.8 Å². The lowest BCUT2D eigenvalue weighted by atomic mass is 10.0. The Balaban J connectivity index is 1.52. The fraction of sp³-hybridized carbons (Fsp3) is 0.263. The highest BCUT2D eigenvalue weighted by molar-refractivity contribution is 6.30. The molecule has 3 rings (SSSR count). The molecule has 2 aromatic rings. The van der Waals surface area contributed by atoms with Gasteiger partial charge in [0.15, 0.2) is 0 Å². The first kappa shape index (κ1) is 18.4. The highest BCUT2D eigenvalue weighted by atomic mass is 35.5. The van der Waals surface area contributed by atoms with E-state index in [1.807, 2.05) is 36.4 Å². The van der Waals surface area contributed by atoms with E-state index in [0.717, 1.165) is 11.1 Å². The molecule has 1 aliphatic heterocycles. The lowest BCUT2D eigenvalue weighted by Gasteiger charge is -2.11. The van der Waals surface area contributed by atoms with Crippen molar-refractivity contribution in [2.75, 3.05) is 7.05 Å². The van der Waals surface area contributed by atoms with Gasteiger partial charge < -0.3 is 10.6 Å². The van der Waals surface area contributed by atoms with Crippen LogP contribution in [-0.4, -0.2) is 24.9 Å². The average Bonchev–Trinajstić information content (AvgIpc) is 3.16. The van der Waals surface area contributed by atoms with Gasteiger partial charge in [-0.3, -0.25) is 9.59 Å². The van der Waals surface area contributed by atoms with Gasteiger partial charge in [-0.25, -0.2) is 10.9 Å². The maximum absolute atomic E-state index is 12.4. The van der Waals surface area contributed by atoms with Gasteiger partial charge in [0.1, 0.15) is 6.04 Å². The lowest BCUT2D eigenvalue weighted by molar-refractivity contribution is -0.123. The van der Waals surface area contributed by atoms with Crippen LogP contribution in [0.1, 0.15) is 33.9 Å². The van der Waals surface area contributed by atoms with Gasteiger partial charge in [-0.15, -0.1) is 0 Å². The van der Waals surface area contributed by atoms with Gasteiger partial charge in [0.2, 0.25) is 5.91 Å². The Morgan fingerprint density at radius 3 is 2.62 bits per heavy atom. The van der Waals surface area contributed by atoms with E-state index in [-0.39, 0.29) is 23.9 Å². The SMILES string of the molecule is CNC(=O)c1ccc(CNC(=O)C2CC(c3cccc(Cl)c3)NN2)cc1. The quantitative estimate of drug-likeness (QED) is 0.646. The van der Waals surface area contributed by atoms with Gasteiger partial charge in [0, 0.05) is 30.2 Å². The van der Waals surface area contributed by atoms with Crippen molar-refractivity contribution in [3.63, 3.8) is 0 Å². The third kappa shape index (κ3) is 4.40. The number of amides is 2. The van der Waals surface area contributed by atoms with Crippen LogP contribution in [0.3, 0.4) is 0 Å². The van der Waals surface area contributed by atoms with Crippen LogP contribution in [0.25, 0.3) is 0 Å². The summed E-state index contributed by atoms with van der Waals surface area (Å²) in [5, 5.41) is 6.17. The number of hydrogen-bond acceptors (Lipinski definition) is 4. The molecular formula is C19H21ClN4O2. The van der Waals surface area contributed by atoms with Crippen LogP contribution < -0.4 is 21.5 Å². The Labute approximate surface area is 157 Å². The molecule has 0 radical (unpaired) electrons. The van der Waals surface area contributed by atoms with E-state index >= 15 is 0 Å². The first-order valence-electron chi connectivity index (χ1n) is 8.42. The van der Waals surface area contributed by atoms with Crippen LogP contribution >= 0.6 is 11.6 Å². The van der Waals surface area contributed by atoms with E-state index in [9.17, 15) is 9.59 Å². The molecule has 6 nitrogen and oxygen atoms in total. The maximum atomic E-state index is 12.4. The first-order chi connectivity index (χ1) is 12.6. The lowest BCUT2D eigenvalue weighted by Crippen LogP contribution is -2.42. The second kappa shape index (κ2) is 8.31. The Morgan fingerprint density at radius 2 is 1.92 bits per heavy atom. The normalized spacial score (nSPS) is 19.2. The molecule has 26 heavy (non-hydrogen) atoms. The summed E-state index contributed by atoms with van der Waals surface area (Å²) in [6.07, 6.45) is 0.641. The maximum Gasteiger partial charge on any atom is 0.251 e. The van der Waals surface area contributed by atoms with Crippen molar-refractivity contribution in [3.05, 3.63) is 70.2 Å². The Morgan fingerprint density at radius 1 is 1.15 bits per heavy atom. The minimum atomic E-state index is -0.316. The minimum Gasteiger partial charge on any atom is -0.355 e. The molecule has 136 valence electrons. The minimum absolute atomic E-state index is 0.0382. The first-order valence-corrected chi connectivity index (χ1v) is 8.80. The number of hydrazine groups is 1. The molecule has 0 saturated carbocycles. The molecule has 1 aliphatic rings. The predicted octanol–water partition coefficient (Wildman–Crippen LogP) is 1.92. The molecule has 4 N–H and O–H groups in total. The average molecular weight is 373 g/mol. The number of halogens is 1.